The number of carbonyl (C=O) groups is 2. The number of anilines is 1. The Balaban J connectivity index is 1.99. The molecule has 4 heteroatoms. The number of hydrogen-bond donors (Lipinski definition) is 0. The van der Waals surface area contributed by atoms with Gasteiger partial charge in [0.2, 0.25) is 5.91 Å². The number of carbonyl (C=O) groups excluding carboxylic acids is 2. The van der Waals surface area contributed by atoms with Gasteiger partial charge in [0.05, 0.1) is 5.69 Å². The maximum Gasteiger partial charge on any atom is 0.248 e. The molecule has 4 nitrogen and oxygen atoms in total. The predicted octanol–water partition coefficient (Wildman–Crippen LogP) is 2.91. The molecule has 0 N–H and O–H groups in total. The molecule has 0 aromatic heterocycles. The fourth-order valence-corrected chi connectivity index (χ4v) is 3.09. The van der Waals surface area contributed by atoms with Gasteiger partial charge in [0.25, 0.3) is 0 Å². The number of Topliss-reactive ketones (excluding diaryl/α,β-unsaturated/α-hetero) is 1. The molecule has 1 amide bonds. The molecule has 0 bridgehead atoms. The van der Waals surface area contributed by atoms with Crippen molar-refractivity contribution in [3.8, 4) is 0 Å². The molecular weight excluding hydrogens is 288 g/mol. The normalized spacial score (nSPS) is 15.4. The van der Waals surface area contributed by atoms with Crippen LogP contribution in [0.5, 0.6) is 0 Å². The van der Waals surface area contributed by atoms with Crippen molar-refractivity contribution in [2.45, 2.75) is 12.5 Å². The first kappa shape index (κ1) is 15.4. The lowest BCUT2D eigenvalue weighted by molar-refractivity contribution is -0.123. The topological polar surface area (TPSA) is 40.6 Å². The summed E-state index contributed by atoms with van der Waals surface area (Å²) in [4.78, 5) is 28.9. The van der Waals surface area contributed by atoms with Crippen LogP contribution in [0.3, 0.4) is 0 Å². The maximum atomic E-state index is 13.2. The van der Waals surface area contributed by atoms with Crippen molar-refractivity contribution >= 4 is 17.4 Å². The van der Waals surface area contributed by atoms with Crippen LogP contribution in [0.2, 0.25) is 0 Å². The van der Waals surface area contributed by atoms with E-state index < -0.39 is 0 Å². The number of para-hydroxylation sites is 1. The van der Waals surface area contributed by atoms with Crippen molar-refractivity contribution < 1.29 is 9.59 Å². The number of ketones is 1. The largest absolute Gasteiger partial charge is 0.310 e. The molecule has 1 aliphatic heterocycles. The number of amides is 1. The van der Waals surface area contributed by atoms with Crippen molar-refractivity contribution in [3.05, 3.63) is 65.7 Å². The minimum atomic E-state index is -0.363. The molecule has 0 aliphatic carbocycles. The van der Waals surface area contributed by atoms with E-state index in [1.54, 1.807) is 11.0 Å². The second kappa shape index (κ2) is 6.34. The third-order valence-corrected chi connectivity index (χ3v) is 4.19. The van der Waals surface area contributed by atoms with Crippen LogP contribution in [0.4, 0.5) is 5.69 Å². The summed E-state index contributed by atoms with van der Waals surface area (Å²) in [6.45, 7) is 0.436. The van der Waals surface area contributed by atoms with Crippen LogP contribution >= 0.6 is 0 Å². The first-order chi connectivity index (χ1) is 11.1. The molecule has 2 aromatic carbocycles. The number of hydrogen-bond acceptors (Lipinski definition) is 3. The number of benzene rings is 2. The highest BCUT2D eigenvalue weighted by molar-refractivity contribution is 6.09. The highest BCUT2D eigenvalue weighted by Gasteiger charge is 2.33. The molecule has 1 heterocycles. The van der Waals surface area contributed by atoms with Crippen LogP contribution < -0.4 is 4.90 Å². The van der Waals surface area contributed by atoms with Gasteiger partial charge in [-0.25, -0.2) is 0 Å². The Morgan fingerprint density at radius 1 is 1.04 bits per heavy atom. The lowest BCUT2D eigenvalue weighted by atomic mass is 9.98. The number of fused-ring (bicyclic) bond motifs is 1. The zero-order valence-corrected chi connectivity index (χ0v) is 13.4. The van der Waals surface area contributed by atoms with Gasteiger partial charge in [-0.05, 0) is 31.8 Å². The number of rotatable bonds is 3. The zero-order chi connectivity index (χ0) is 16.4. The van der Waals surface area contributed by atoms with E-state index in [1.807, 2.05) is 67.5 Å². The second-order valence-corrected chi connectivity index (χ2v) is 5.96. The van der Waals surface area contributed by atoms with Gasteiger partial charge in [-0.1, -0.05) is 42.5 Å². The van der Waals surface area contributed by atoms with E-state index >= 15 is 0 Å². The predicted molar refractivity (Wildman–Crippen MR) is 90.6 cm³/mol. The highest BCUT2D eigenvalue weighted by Crippen LogP contribution is 2.30. The summed E-state index contributed by atoms with van der Waals surface area (Å²) in [6.07, 6.45) is 0.373. The lowest BCUT2D eigenvalue weighted by Crippen LogP contribution is -2.44. The van der Waals surface area contributed by atoms with Crippen molar-refractivity contribution in [1.82, 2.24) is 4.90 Å². The summed E-state index contributed by atoms with van der Waals surface area (Å²) < 4.78 is 0. The molecule has 0 spiro atoms. The fraction of sp³-hybridized carbons (Fsp3) is 0.263. The van der Waals surface area contributed by atoms with Gasteiger partial charge in [-0.3, -0.25) is 14.5 Å². The lowest BCUT2D eigenvalue weighted by Gasteiger charge is -2.34. The van der Waals surface area contributed by atoms with Gasteiger partial charge in [0.1, 0.15) is 6.04 Å². The molecule has 1 aliphatic rings. The first-order valence-corrected chi connectivity index (χ1v) is 7.74. The van der Waals surface area contributed by atoms with E-state index in [2.05, 4.69) is 0 Å². The van der Waals surface area contributed by atoms with E-state index in [-0.39, 0.29) is 17.7 Å². The molecular formula is C19H20N2O2. The minimum Gasteiger partial charge on any atom is -0.310 e. The molecule has 0 saturated heterocycles. The van der Waals surface area contributed by atoms with E-state index in [4.69, 9.17) is 0 Å². The average Bonchev–Trinajstić information content (AvgIpc) is 2.56. The Morgan fingerprint density at radius 3 is 2.39 bits per heavy atom. The average molecular weight is 308 g/mol. The Hall–Kier alpha value is -2.46. The van der Waals surface area contributed by atoms with E-state index in [9.17, 15) is 9.59 Å². The van der Waals surface area contributed by atoms with Crippen LogP contribution in [0.15, 0.2) is 54.6 Å². The van der Waals surface area contributed by atoms with Gasteiger partial charge in [0, 0.05) is 18.5 Å². The van der Waals surface area contributed by atoms with Crippen molar-refractivity contribution in [2.75, 3.05) is 25.5 Å². The van der Waals surface area contributed by atoms with Gasteiger partial charge in [0.15, 0.2) is 5.78 Å². The Morgan fingerprint density at radius 2 is 1.70 bits per heavy atom. The second-order valence-electron chi connectivity index (χ2n) is 5.96. The summed E-state index contributed by atoms with van der Waals surface area (Å²) in [6, 6.07) is 16.7. The fourth-order valence-electron chi connectivity index (χ4n) is 3.09. The zero-order valence-electron chi connectivity index (χ0n) is 13.4. The van der Waals surface area contributed by atoms with Gasteiger partial charge in [-0.15, -0.1) is 0 Å². The van der Waals surface area contributed by atoms with Crippen LogP contribution in [-0.2, 0) is 4.79 Å². The van der Waals surface area contributed by atoms with Crippen molar-refractivity contribution in [1.29, 1.82) is 0 Å². The number of nitrogens with zero attached hydrogens (tertiary/aromatic N) is 2. The summed E-state index contributed by atoms with van der Waals surface area (Å²) in [5.74, 6) is 0.104. The molecule has 23 heavy (non-hydrogen) atoms. The Labute approximate surface area is 136 Å². The Bertz CT molecular complexity index is 725. The first-order valence-electron chi connectivity index (χ1n) is 7.74. The van der Waals surface area contributed by atoms with E-state index in [1.165, 1.54) is 0 Å². The quantitative estimate of drug-likeness (QED) is 0.875. The molecule has 2 aromatic rings. The SMILES string of the molecule is CN(C)C(C(=O)N1CCC(=O)c2ccccc21)c1ccccc1. The third kappa shape index (κ3) is 2.90. The highest BCUT2D eigenvalue weighted by atomic mass is 16.2. The summed E-state index contributed by atoms with van der Waals surface area (Å²) in [5.41, 5.74) is 2.31. The van der Waals surface area contributed by atoms with Crippen LogP contribution in [0, 0.1) is 0 Å². The minimum absolute atomic E-state index is 0.00106. The van der Waals surface area contributed by atoms with Crippen LogP contribution in [0.1, 0.15) is 28.4 Å². The standard InChI is InChI=1S/C19H20N2O2/c1-20(2)18(14-8-4-3-5-9-14)19(23)21-13-12-17(22)15-10-6-7-11-16(15)21/h3-11,18H,12-13H2,1-2H3. The molecule has 0 fully saturated rings. The van der Waals surface area contributed by atoms with Gasteiger partial charge < -0.3 is 4.90 Å². The van der Waals surface area contributed by atoms with Crippen LogP contribution in [-0.4, -0.2) is 37.2 Å². The summed E-state index contributed by atoms with van der Waals surface area (Å²) in [5, 5.41) is 0. The smallest absolute Gasteiger partial charge is 0.248 e. The van der Waals surface area contributed by atoms with E-state index in [0.29, 0.717) is 18.5 Å². The maximum absolute atomic E-state index is 13.2. The van der Waals surface area contributed by atoms with Crippen LogP contribution in [0.25, 0.3) is 0 Å². The molecule has 0 saturated carbocycles. The molecule has 0 radical (unpaired) electrons. The van der Waals surface area contributed by atoms with Crippen molar-refractivity contribution in [3.63, 3.8) is 0 Å². The van der Waals surface area contributed by atoms with Gasteiger partial charge in [-0.2, -0.15) is 0 Å². The third-order valence-electron chi connectivity index (χ3n) is 4.19. The molecule has 118 valence electrons. The summed E-state index contributed by atoms with van der Waals surface area (Å²) in [7, 11) is 3.80. The molecule has 1 unspecified atom stereocenters. The van der Waals surface area contributed by atoms with Gasteiger partial charge >= 0.3 is 0 Å². The molecule has 3 rings (SSSR count). The Kier molecular flexibility index (Phi) is 4.26. The monoisotopic (exact) mass is 308 g/mol. The number of likely N-dealkylation sites (N-methyl/N-ethyl adjacent to an activating group) is 1. The van der Waals surface area contributed by atoms with Crippen molar-refractivity contribution in [2.24, 2.45) is 0 Å². The summed E-state index contributed by atoms with van der Waals surface area (Å²) >= 11 is 0. The van der Waals surface area contributed by atoms with E-state index in [0.717, 1.165) is 11.3 Å². The molecule has 1 atom stereocenters.